The van der Waals surface area contributed by atoms with Gasteiger partial charge in [-0.05, 0) is 44.4 Å². The van der Waals surface area contributed by atoms with Crippen LogP contribution in [0.3, 0.4) is 0 Å². The van der Waals surface area contributed by atoms with Crippen molar-refractivity contribution in [2.75, 3.05) is 6.61 Å². The van der Waals surface area contributed by atoms with Gasteiger partial charge in [0.25, 0.3) is 0 Å². The molecule has 0 saturated carbocycles. The first kappa shape index (κ1) is 15.7. The van der Waals surface area contributed by atoms with Crippen LogP contribution in [-0.4, -0.2) is 12.7 Å². The number of hydrogen-bond donors (Lipinski definition) is 0. The predicted octanol–water partition coefficient (Wildman–Crippen LogP) is 4.82. The quantitative estimate of drug-likeness (QED) is 0.426. The Balaban J connectivity index is 3.65. The molecule has 96 valence electrons. The van der Waals surface area contributed by atoms with Crippen molar-refractivity contribution >= 4 is 0 Å². The predicted molar refractivity (Wildman–Crippen MR) is 72.7 cm³/mol. The third kappa shape index (κ3) is 10.2. The highest BCUT2D eigenvalue weighted by Gasteiger charge is 2.17. The minimum Gasteiger partial charge on any atom is -0.378 e. The number of hydrogen-bond acceptors (Lipinski definition) is 1. The lowest BCUT2D eigenvalue weighted by Gasteiger charge is -2.25. The van der Waals surface area contributed by atoms with E-state index in [0.29, 0.717) is 11.5 Å². The van der Waals surface area contributed by atoms with Gasteiger partial charge >= 0.3 is 0 Å². The Hall–Kier alpha value is -0.300. The van der Waals surface area contributed by atoms with Crippen LogP contribution in [0.15, 0.2) is 12.2 Å². The molecule has 0 aromatic carbocycles. The van der Waals surface area contributed by atoms with E-state index in [1.807, 2.05) is 0 Å². The maximum absolute atomic E-state index is 5.49. The van der Waals surface area contributed by atoms with E-state index in [1.54, 1.807) is 0 Å². The molecule has 0 N–H and O–H groups in total. The van der Waals surface area contributed by atoms with Gasteiger partial charge in [0.15, 0.2) is 0 Å². The molecule has 16 heavy (non-hydrogen) atoms. The molecular weight excluding hydrogens is 196 g/mol. The van der Waals surface area contributed by atoms with E-state index in [2.05, 4.69) is 53.7 Å². The van der Waals surface area contributed by atoms with Gasteiger partial charge in [-0.15, -0.1) is 0 Å². The van der Waals surface area contributed by atoms with Crippen LogP contribution in [-0.2, 0) is 4.74 Å². The van der Waals surface area contributed by atoms with Gasteiger partial charge in [0.1, 0.15) is 0 Å². The fraction of sp³-hybridized carbons (Fsp3) is 0.867. The largest absolute Gasteiger partial charge is 0.378 e. The number of allylic oxidation sites excluding steroid dienone is 1. The zero-order chi connectivity index (χ0) is 12.6. The zero-order valence-electron chi connectivity index (χ0n) is 12.0. The molecule has 0 amide bonds. The third-order valence-electron chi connectivity index (χ3n) is 2.53. The summed E-state index contributed by atoms with van der Waals surface area (Å²) in [5.41, 5.74) is 0.434. The highest BCUT2D eigenvalue weighted by molar-refractivity contribution is 4.87. The maximum atomic E-state index is 5.49. The van der Waals surface area contributed by atoms with Crippen molar-refractivity contribution in [1.82, 2.24) is 0 Å². The minimum absolute atomic E-state index is 0.353. The van der Waals surface area contributed by atoms with Gasteiger partial charge in [-0.25, -0.2) is 0 Å². The smallest absolute Gasteiger partial charge is 0.0519 e. The second-order valence-electron chi connectivity index (χ2n) is 6.15. The summed E-state index contributed by atoms with van der Waals surface area (Å²) in [5.74, 6) is 0.785. The van der Waals surface area contributed by atoms with Crippen LogP contribution in [0.1, 0.15) is 60.8 Å². The lowest BCUT2D eigenvalue weighted by atomic mass is 9.81. The van der Waals surface area contributed by atoms with Gasteiger partial charge in [0.2, 0.25) is 0 Å². The van der Waals surface area contributed by atoms with E-state index in [9.17, 15) is 0 Å². The van der Waals surface area contributed by atoms with Gasteiger partial charge < -0.3 is 4.74 Å². The summed E-state index contributed by atoms with van der Waals surface area (Å²) in [4.78, 5) is 0. The van der Waals surface area contributed by atoms with Gasteiger partial charge in [0, 0.05) is 0 Å². The van der Waals surface area contributed by atoms with Crippen LogP contribution >= 0.6 is 0 Å². The highest BCUT2D eigenvalue weighted by Crippen LogP contribution is 2.29. The van der Waals surface area contributed by atoms with Crippen LogP contribution in [0.4, 0.5) is 0 Å². The van der Waals surface area contributed by atoms with E-state index in [4.69, 9.17) is 4.74 Å². The van der Waals surface area contributed by atoms with E-state index >= 15 is 0 Å². The average molecular weight is 226 g/mol. The summed E-state index contributed by atoms with van der Waals surface area (Å²) in [6, 6.07) is 0. The Labute approximate surface area is 102 Å². The van der Waals surface area contributed by atoms with E-state index in [-0.39, 0.29) is 0 Å². The van der Waals surface area contributed by atoms with Crippen molar-refractivity contribution in [2.24, 2.45) is 11.3 Å². The molecule has 1 heteroatoms. The van der Waals surface area contributed by atoms with Crippen LogP contribution in [0.25, 0.3) is 0 Å². The van der Waals surface area contributed by atoms with Gasteiger partial charge in [-0.1, -0.05) is 39.8 Å². The highest BCUT2D eigenvalue weighted by atomic mass is 16.5. The van der Waals surface area contributed by atoms with Crippen molar-refractivity contribution < 1.29 is 4.74 Å². The van der Waals surface area contributed by atoms with E-state index in [0.717, 1.165) is 18.9 Å². The Morgan fingerprint density at radius 3 is 2.19 bits per heavy atom. The Morgan fingerprint density at radius 2 is 1.69 bits per heavy atom. The molecule has 0 radical (unpaired) electrons. The van der Waals surface area contributed by atoms with Crippen molar-refractivity contribution in [2.45, 2.75) is 66.9 Å². The molecule has 0 saturated heterocycles. The van der Waals surface area contributed by atoms with Crippen LogP contribution in [0.5, 0.6) is 0 Å². The van der Waals surface area contributed by atoms with Gasteiger partial charge in [-0.3, -0.25) is 0 Å². The standard InChI is InChI=1S/C15H30O/c1-13(2)12-15(5,6)10-8-7-9-11-16-14(3)4/h7-8,13-14H,9-12H2,1-6H3/b8-7+. The molecule has 0 aliphatic heterocycles. The molecule has 1 nitrogen and oxygen atoms in total. The summed E-state index contributed by atoms with van der Waals surface area (Å²) in [6.45, 7) is 14.3. The van der Waals surface area contributed by atoms with Crippen molar-refractivity contribution in [1.29, 1.82) is 0 Å². The molecule has 0 aliphatic rings. The average Bonchev–Trinajstić information content (AvgIpc) is 2.08. The molecule has 0 aliphatic carbocycles. The second kappa shape index (κ2) is 7.89. The monoisotopic (exact) mass is 226 g/mol. The van der Waals surface area contributed by atoms with Crippen molar-refractivity contribution in [3.63, 3.8) is 0 Å². The molecule has 0 aromatic heterocycles. The summed E-state index contributed by atoms with van der Waals surface area (Å²) in [6.07, 6.45) is 8.42. The molecule has 0 heterocycles. The normalized spacial score (nSPS) is 13.2. The molecule has 0 aromatic rings. The Bertz CT molecular complexity index is 190. The summed E-state index contributed by atoms with van der Waals surface area (Å²) in [7, 11) is 0. The minimum atomic E-state index is 0.353. The molecule has 0 rings (SSSR count). The van der Waals surface area contributed by atoms with E-state index < -0.39 is 0 Å². The molecule has 0 bridgehead atoms. The van der Waals surface area contributed by atoms with Crippen molar-refractivity contribution in [3.8, 4) is 0 Å². The summed E-state index contributed by atoms with van der Waals surface area (Å²) < 4.78 is 5.49. The molecular formula is C15H30O. The molecule has 0 fully saturated rings. The van der Waals surface area contributed by atoms with Crippen molar-refractivity contribution in [3.05, 3.63) is 12.2 Å². The second-order valence-corrected chi connectivity index (χ2v) is 6.15. The maximum Gasteiger partial charge on any atom is 0.0519 e. The molecule has 0 atom stereocenters. The SMILES string of the molecule is CC(C)CC(C)(C)C/C=C/CCOC(C)C. The topological polar surface area (TPSA) is 9.23 Å². The fourth-order valence-electron chi connectivity index (χ4n) is 2.08. The Kier molecular flexibility index (Phi) is 7.74. The first-order chi connectivity index (χ1) is 7.33. The van der Waals surface area contributed by atoms with Crippen LogP contribution in [0, 0.1) is 11.3 Å². The zero-order valence-corrected chi connectivity index (χ0v) is 12.0. The summed E-state index contributed by atoms with van der Waals surface area (Å²) >= 11 is 0. The van der Waals surface area contributed by atoms with Crippen LogP contribution < -0.4 is 0 Å². The first-order valence-corrected chi connectivity index (χ1v) is 6.60. The molecule has 0 unspecified atom stereocenters. The lowest BCUT2D eigenvalue weighted by Crippen LogP contribution is -2.13. The third-order valence-corrected chi connectivity index (χ3v) is 2.53. The Morgan fingerprint density at radius 1 is 1.06 bits per heavy atom. The number of rotatable bonds is 8. The first-order valence-electron chi connectivity index (χ1n) is 6.60. The van der Waals surface area contributed by atoms with Gasteiger partial charge in [-0.2, -0.15) is 0 Å². The summed E-state index contributed by atoms with van der Waals surface area (Å²) in [5, 5.41) is 0. The van der Waals surface area contributed by atoms with Crippen LogP contribution in [0.2, 0.25) is 0 Å². The molecule has 0 spiro atoms. The fourth-order valence-corrected chi connectivity index (χ4v) is 2.08. The van der Waals surface area contributed by atoms with E-state index in [1.165, 1.54) is 12.8 Å². The lowest BCUT2D eigenvalue weighted by molar-refractivity contribution is 0.0825. The number of ether oxygens (including phenoxy) is 1. The van der Waals surface area contributed by atoms with Gasteiger partial charge in [0.05, 0.1) is 12.7 Å².